The molecule has 3 heteroatoms. The second-order valence-electron chi connectivity index (χ2n) is 5.71. The van der Waals surface area contributed by atoms with Crippen LogP contribution in [0.1, 0.15) is 51.1 Å². The fraction of sp³-hybridized carbons (Fsp3) is 0.562. The quantitative estimate of drug-likeness (QED) is 0.856. The van der Waals surface area contributed by atoms with Gasteiger partial charge in [0, 0.05) is 6.04 Å². The van der Waals surface area contributed by atoms with Gasteiger partial charge in [-0.2, -0.15) is 0 Å². The highest BCUT2D eigenvalue weighted by molar-refractivity contribution is 5.74. The average Bonchev–Trinajstić information content (AvgIpc) is 2.42. The SMILES string of the molecule is CC1CCC(NC(=O)NC(C)c2ccccc2)CC1. The fourth-order valence-electron chi connectivity index (χ4n) is 2.65. The van der Waals surface area contributed by atoms with Gasteiger partial charge in [-0.15, -0.1) is 0 Å². The van der Waals surface area contributed by atoms with Crippen LogP contribution >= 0.6 is 0 Å². The Balaban J connectivity index is 1.78. The van der Waals surface area contributed by atoms with Gasteiger partial charge in [-0.05, 0) is 44.1 Å². The number of hydrogen-bond donors (Lipinski definition) is 2. The smallest absolute Gasteiger partial charge is 0.315 e. The molecule has 3 nitrogen and oxygen atoms in total. The Kier molecular flexibility index (Phi) is 4.83. The monoisotopic (exact) mass is 260 g/mol. The number of carbonyl (C=O) groups is 1. The van der Waals surface area contributed by atoms with Gasteiger partial charge in [0.1, 0.15) is 0 Å². The van der Waals surface area contributed by atoms with Crippen molar-refractivity contribution in [3.8, 4) is 0 Å². The van der Waals surface area contributed by atoms with Gasteiger partial charge >= 0.3 is 6.03 Å². The van der Waals surface area contributed by atoms with Crippen LogP contribution in [0.5, 0.6) is 0 Å². The summed E-state index contributed by atoms with van der Waals surface area (Å²) in [4.78, 5) is 12.0. The molecule has 19 heavy (non-hydrogen) atoms. The zero-order chi connectivity index (χ0) is 13.7. The third kappa shape index (κ3) is 4.27. The van der Waals surface area contributed by atoms with Crippen molar-refractivity contribution in [2.45, 2.75) is 51.6 Å². The molecule has 1 aromatic carbocycles. The summed E-state index contributed by atoms with van der Waals surface area (Å²) >= 11 is 0. The minimum Gasteiger partial charge on any atom is -0.335 e. The fourth-order valence-corrected chi connectivity index (χ4v) is 2.65. The molecule has 0 bridgehead atoms. The molecule has 2 N–H and O–H groups in total. The van der Waals surface area contributed by atoms with Crippen molar-refractivity contribution >= 4 is 6.03 Å². The predicted octanol–water partition coefficient (Wildman–Crippen LogP) is 3.63. The highest BCUT2D eigenvalue weighted by Gasteiger charge is 2.20. The van der Waals surface area contributed by atoms with Crippen LogP contribution in [0.4, 0.5) is 4.79 Å². The topological polar surface area (TPSA) is 41.1 Å². The number of nitrogens with one attached hydrogen (secondary N) is 2. The molecule has 1 aliphatic carbocycles. The highest BCUT2D eigenvalue weighted by atomic mass is 16.2. The van der Waals surface area contributed by atoms with Gasteiger partial charge in [0.05, 0.1) is 6.04 Å². The van der Waals surface area contributed by atoms with Gasteiger partial charge in [0.25, 0.3) is 0 Å². The molecule has 1 aromatic rings. The van der Waals surface area contributed by atoms with Gasteiger partial charge < -0.3 is 10.6 Å². The summed E-state index contributed by atoms with van der Waals surface area (Å²) in [5, 5.41) is 6.09. The summed E-state index contributed by atoms with van der Waals surface area (Å²) in [6, 6.07) is 10.4. The van der Waals surface area contributed by atoms with Gasteiger partial charge in [0.15, 0.2) is 0 Å². The molecule has 1 atom stereocenters. The lowest BCUT2D eigenvalue weighted by Crippen LogP contribution is -2.44. The minimum atomic E-state index is -0.0455. The Morgan fingerprint density at radius 2 is 1.79 bits per heavy atom. The first-order valence-electron chi connectivity index (χ1n) is 7.27. The van der Waals surface area contributed by atoms with E-state index in [1.165, 1.54) is 12.8 Å². The molecule has 1 aliphatic rings. The van der Waals surface area contributed by atoms with Crippen LogP contribution in [-0.2, 0) is 0 Å². The maximum absolute atomic E-state index is 12.0. The zero-order valence-electron chi connectivity index (χ0n) is 11.9. The number of carbonyl (C=O) groups excluding carboxylic acids is 1. The molecule has 1 saturated carbocycles. The third-order valence-corrected chi connectivity index (χ3v) is 4.00. The first-order chi connectivity index (χ1) is 9.15. The van der Waals surface area contributed by atoms with Crippen molar-refractivity contribution in [1.29, 1.82) is 0 Å². The number of rotatable bonds is 3. The molecule has 0 saturated heterocycles. The van der Waals surface area contributed by atoms with Gasteiger partial charge in [-0.1, -0.05) is 37.3 Å². The Labute approximate surface area is 115 Å². The number of amides is 2. The third-order valence-electron chi connectivity index (χ3n) is 4.00. The summed E-state index contributed by atoms with van der Waals surface area (Å²) in [6.07, 6.45) is 4.65. The summed E-state index contributed by atoms with van der Waals surface area (Å²) in [5.74, 6) is 0.810. The van der Waals surface area contributed by atoms with E-state index in [-0.39, 0.29) is 12.1 Å². The number of urea groups is 1. The molecule has 104 valence electrons. The first kappa shape index (κ1) is 13.9. The lowest BCUT2D eigenvalue weighted by Gasteiger charge is -2.27. The van der Waals surface area contributed by atoms with Gasteiger partial charge in [-0.25, -0.2) is 4.79 Å². The van der Waals surface area contributed by atoms with Crippen molar-refractivity contribution in [3.63, 3.8) is 0 Å². The van der Waals surface area contributed by atoms with E-state index >= 15 is 0 Å². The van der Waals surface area contributed by atoms with Crippen molar-refractivity contribution in [2.75, 3.05) is 0 Å². The largest absolute Gasteiger partial charge is 0.335 e. The molecule has 1 unspecified atom stereocenters. The Bertz CT molecular complexity index is 396. The van der Waals surface area contributed by atoms with Crippen LogP contribution < -0.4 is 10.6 Å². The molecule has 0 aromatic heterocycles. The first-order valence-corrected chi connectivity index (χ1v) is 7.27. The highest BCUT2D eigenvalue weighted by Crippen LogP contribution is 2.23. The van der Waals surface area contributed by atoms with Crippen LogP contribution in [-0.4, -0.2) is 12.1 Å². The normalized spacial score (nSPS) is 24.5. The average molecular weight is 260 g/mol. The Hall–Kier alpha value is -1.51. The van der Waals surface area contributed by atoms with E-state index in [9.17, 15) is 4.79 Å². The van der Waals surface area contributed by atoms with E-state index in [2.05, 4.69) is 17.6 Å². The molecule has 2 amide bonds. The molecule has 2 rings (SSSR count). The Morgan fingerprint density at radius 1 is 1.16 bits per heavy atom. The van der Waals surface area contributed by atoms with Crippen LogP contribution in [0.3, 0.4) is 0 Å². The Morgan fingerprint density at radius 3 is 2.42 bits per heavy atom. The molecular weight excluding hydrogens is 236 g/mol. The van der Waals surface area contributed by atoms with Gasteiger partial charge in [-0.3, -0.25) is 0 Å². The number of hydrogen-bond acceptors (Lipinski definition) is 1. The van der Waals surface area contributed by atoms with Crippen LogP contribution in [0.25, 0.3) is 0 Å². The minimum absolute atomic E-state index is 0.0451. The second kappa shape index (κ2) is 6.60. The lowest BCUT2D eigenvalue weighted by molar-refractivity contribution is 0.225. The maximum Gasteiger partial charge on any atom is 0.315 e. The lowest BCUT2D eigenvalue weighted by atomic mass is 9.87. The number of benzene rings is 1. The molecule has 0 radical (unpaired) electrons. The van der Waals surface area contributed by atoms with Crippen molar-refractivity contribution < 1.29 is 4.79 Å². The molecule has 0 aliphatic heterocycles. The summed E-state index contributed by atoms with van der Waals surface area (Å²) in [6.45, 7) is 4.30. The maximum atomic E-state index is 12.0. The van der Waals surface area contributed by atoms with Crippen LogP contribution in [0.15, 0.2) is 30.3 Å². The van der Waals surface area contributed by atoms with Crippen molar-refractivity contribution in [1.82, 2.24) is 10.6 Å². The molecular formula is C16H24N2O. The summed E-state index contributed by atoms with van der Waals surface area (Å²) in [7, 11) is 0. The standard InChI is InChI=1S/C16H24N2O/c1-12-8-10-15(11-9-12)18-16(19)17-13(2)14-6-4-3-5-7-14/h3-7,12-13,15H,8-11H2,1-2H3,(H2,17,18,19). The van der Waals surface area contributed by atoms with E-state index < -0.39 is 0 Å². The van der Waals surface area contributed by atoms with E-state index in [1.54, 1.807) is 0 Å². The van der Waals surface area contributed by atoms with E-state index in [1.807, 2.05) is 37.3 Å². The second-order valence-corrected chi connectivity index (χ2v) is 5.71. The van der Waals surface area contributed by atoms with Crippen molar-refractivity contribution in [3.05, 3.63) is 35.9 Å². The van der Waals surface area contributed by atoms with Gasteiger partial charge in [0.2, 0.25) is 0 Å². The zero-order valence-corrected chi connectivity index (χ0v) is 11.9. The molecule has 0 spiro atoms. The summed E-state index contributed by atoms with van der Waals surface area (Å²) < 4.78 is 0. The van der Waals surface area contributed by atoms with Crippen LogP contribution in [0.2, 0.25) is 0 Å². The molecule has 0 heterocycles. The molecule has 1 fully saturated rings. The van der Waals surface area contributed by atoms with E-state index in [0.717, 1.165) is 24.3 Å². The van der Waals surface area contributed by atoms with Crippen LogP contribution in [0, 0.1) is 5.92 Å². The summed E-state index contributed by atoms with van der Waals surface area (Å²) in [5.41, 5.74) is 1.13. The van der Waals surface area contributed by atoms with E-state index in [4.69, 9.17) is 0 Å². The van der Waals surface area contributed by atoms with E-state index in [0.29, 0.717) is 6.04 Å². The van der Waals surface area contributed by atoms with Crippen molar-refractivity contribution in [2.24, 2.45) is 5.92 Å². The predicted molar refractivity (Wildman–Crippen MR) is 77.9 cm³/mol.